The Morgan fingerprint density at radius 3 is 1.50 bits per heavy atom. The van der Waals surface area contributed by atoms with Crippen molar-refractivity contribution >= 4 is 45.3 Å². The summed E-state index contributed by atoms with van der Waals surface area (Å²) < 4.78 is 0. The molecule has 4 rings (SSSR count). The molecule has 4 aromatic carbocycles. The van der Waals surface area contributed by atoms with E-state index >= 15 is 0 Å². The molecular weight excluding hydrogens is 243 g/mol. The SMILES string of the molecule is OBc1ccc2c3ccccc3c3ccccc3c2c1. The first-order valence-electron chi connectivity index (χ1n) is 6.81. The molecule has 0 spiro atoms. The zero-order valence-corrected chi connectivity index (χ0v) is 11.0. The lowest BCUT2D eigenvalue weighted by Gasteiger charge is -2.10. The fourth-order valence-electron chi connectivity index (χ4n) is 3.05. The maximum atomic E-state index is 9.38. The normalized spacial score (nSPS) is 11.2. The van der Waals surface area contributed by atoms with Gasteiger partial charge in [0.25, 0.3) is 0 Å². The molecule has 0 saturated heterocycles. The van der Waals surface area contributed by atoms with Crippen LogP contribution in [0.3, 0.4) is 0 Å². The molecule has 0 amide bonds. The number of benzene rings is 4. The smallest absolute Gasteiger partial charge is 0.304 e. The van der Waals surface area contributed by atoms with Crippen LogP contribution in [0.4, 0.5) is 0 Å². The van der Waals surface area contributed by atoms with Crippen molar-refractivity contribution in [1.82, 2.24) is 0 Å². The Morgan fingerprint density at radius 2 is 1.00 bits per heavy atom. The van der Waals surface area contributed by atoms with E-state index in [-0.39, 0.29) is 7.48 Å². The highest BCUT2D eigenvalue weighted by atomic mass is 16.2. The highest BCUT2D eigenvalue weighted by Crippen LogP contribution is 2.34. The highest BCUT2D eigenvalue weighted by Gasteiger charge is 2.08. The third-order valence-corrected chi connectivity index (χ3v) is 3.99. The molecule has 0 atom stereocenters. The highest BCUT2D eigenvalue weighted by molar-refractivity contribution is 6.46. The van der Waals surface area contributed by atoms with Gasteiger partial charge in [-0.1, -0.05) is 72.2 Å². The molecule has 0 aliphatic heterocycles. The average molecular weight is 256 g/mol. The second-order valence-corrected chi connectivity index (χ2v) is 5.13. The van der Waals surface area contributed by atoms with Crippen molar-refractivity contribution < 1.29 is 5.02 Å². The van der Waals surface area contributed by atoms with Gasteiger partial charge in [0, 0.05) is 0 Å². The molecule has 0 bridgehead atoms. The zero-order valence-electron chi connectivity index (χ0n) is 11.0. The van der Waals surface area contributed by atoms with Crippen molar-refractivity contribution in [1.29, 1.82) is 0 Å². The summed E-state index contributed by atoms with van der Waals surface area (Å²) in [6, 6.07) is 23.2. The summed E-state index contributed by atoms with van der Waals surface area (Å²) in [7, 11) is 0.0805. The van der Waals surface area contributed by atoms with Crippen LogP contribution in [0.2, 0.25) is 0 Å². The Kier molecular flexibility index (Phi) is 2.51. The maximum Gasteiger partial charge on any atom is 0.304 e. The standard InChI is InChI=1S/C18H13BO/c20-19-12-9-10-17-15-7-2-1-5-13(15)14-6-3-4-8-16(14)18(17)11-12/h1-11,19-20H. The van der Waals surface area contributed by atoms with Crippen LogP contribution < -0.4 is 5.46 Å². The van der Waals surface area contributed by atoms with Gasteiger partial charge in [-0.25, -0.2) is 0 Å². The largest absolute Gasteiger partial charge is 0.449 e. The van der Waals surface area contributed by atoms with E-state index in [9.17, 15) is 5.02 Å². The summed E-state index contributed by atoms with van der Waals surface area (Å²) in [5, 5.41) is 16.9. The molecule has 0 heterocycles. The summed E-state index contributed by atoms with van der Waals surface area (Å²) in [5.41, 5.74) is 0.956. The summed E-state index contributed by atoms with van der Waals surface area (Å²) in [5.74, 6) is 0. The monoisotopic (exact) mass is 256 g/mol. The summed E-state index contributed by atoms with van der Waals surface area (Å²) in [6.45, 7) is 0. The van der Waals surface area contributed by atoms with Gasteiger partial charge in [0.2, 0.25) is 0 Å². The van der Waals surface area contributed by atoms with Gasteiger partial charge in [-0.2, -0.15) is 0 Å². The van der Waals surface area contributed by atoms with E-state index in [1.54, 1.807) is 0 Å². The summed E-state index contributed by atoms with van der Waals surface area (Å²) >= 11 is 0. The first-order chi connectivity index (χ1) is 9.88. The lowest BCUT2D eigenvalue weighted by molar-refractivity contribution is 0.615. The van der Waals surface area contributed by atoms with E-state index in [0.29, 0.717) is 0 Å². The minimum Gasteiger partial charge on any atom is -0.449 e. The predicted octanol–water partition coefficient (Wildman–Crippen LogP) is 3.12. The van der Waals surface area contributed by atoms with Crippen LogP contribution in [0.15, 0.2) is 66.7 Å². The lowest BCUT2D eigenvalue weighted by atomic mass is 9.85. The van der Waals surface area contributed by atoms with Crippen LogP contribution in [-0.2, 0) is 0 Å². The van der Waals surface area contributed by atoms with Crippen molar-refractivity contribution in [3.05, 3.63) is 66.7 Å². The van der Waals surface area contributed by atoms with Gasteiger partial charge in [0.15, 0.2) is 0 Å². The second kappa shape index (κ2) is 4.36. The Hall–Kier alpha value is -2.32. The third-order valence-electron chi connectivity index (χ3n) is 3.99. The van der Waals surface area contributed by atoms with Crippen molar-refractivity contribution in [3.8, 4) is 0 Å². The van der Waals surface area contributed by atoms with Crippen LogP contribution in [0, 0.1) is 0 Å². The molecule has 1 N–H and O–H groups in total. The van der Waals surface area contributed by atoms with Crippen LogP contribution in [0.1, 0.15) is 0 Å². The number of hydrogen-bond donors (Lipinski definition) is 1. The second-order valence-electron chi connectivity index (χ2n) is 5.13. The Balaban J connectivity index is 2.35. The molecule has 4 aromatic rings. The zero-order chi connectivity index (χ0) is 13.5. The predicted molar refractivity (Wildman–Crippen MR) is 88.0 cm³/mol. The fraction of sp³-hybridized carbons (Fsp3) is 0. The van der Waals surface area contributed by atoms with Gasteiger partial charge in [0.05, 0.1) is 0 Å². The molecule has 20 heavy (non-hydrogen) atoms. The molecule has 0 unspecified atom stereocenters. The van der Waals surface area contributed by atoms with E-state index in [0.717, 1.165) is 5.46 Å². The molecule has 0 aliphatic rings. The average Bonchev–Trinajstić information content (AvgIpc) is 2.54. The molecule has 0 saturated carbocycles. The van der Waals surface area contributed by atoms with Crippen molar-refractivity contribution in [3.63, 3.8) is 0 Å². The lowest BCUT2D eigenvalue weighted by Crippen LogP contribution is -2.12. The third kappa shape index (κ3) is 1.55. The first kappa shape index (κ1) is 11.5. The molecule has 0 aromatic heterocycles. The molecule has 2 heteroatoms. The van der Waals surface area contributed by atoms with Gasteiger partial charge in [0.1, 0.15) is 0 Å². The van der Waals surface area contributed by atoms with Crippen LogP contribution in [-0.4, -0.2) is 12.5 Å². The van der Waals surface area contributed by atoms with Crippen molar-refractivity contribution in [2.24, 2.45) is 0 Å². The van der Waals surface area contributed by atoms with Gasteiger partial charge < -0.3 is 5.02 Å². The quantitative estimate of drug-likeness (QED) is 0.410. The maximum absolute atomic E-state index is 9.38. The van der Waals surface area contributed by atoms with Gasteiger partial charge in [-0.3, -0.25) is 0 Å². The molecule has 0 fully saturated rings. The van der Waals surface area contributed by atoms with Crippen LogP contribution >= 0.6 is 0 Å². The Labute approximate surface area is 117 Å². The van der Waals surface area contributed by atoms with Crippen molar-refractivity contribution in [2.45, 2.75) is 0 Å². The fourth-order valence-corrected chi connectivity index (χ4v) is 3.05. The number of fused-ring (bicyclic) bond motifs is 6. The summed E-state index contributed by atoms with van der Waals surface area (Å²) in [4.78, 5) is 0. The Bertz CT molecular complexity index is 908. The first-order valence-corrected chi connectivity index (χ1v) is 6.81. The summed E-state index contributed by atoms with van der Waals surface area (Å²) in [6.07, 6.45) is 0. The van der Waals surface area contributed by atoms with E-state index in [2.05, 4.69) is 60.7 Å². The Morgan fingerprint density at radius 1 is 0.550 bits per heavy atom. The molecule has 0 radical (unpaired) electrons. The molecule has 0 aliphatic carbocycles. The van der Waals surface area contributed by atoms with Gasteiger partial charge in [-0.15, -0.1) is 0 Å². The number of hydrogen-bond acceptors (Lipinski definition) is 1. The minimum atomic E-state index is 0.0805. The van der Waals surface area contributed by atoms with Crippen LogP contribution in [0.5, 0.6) is 0 Å². The van der Waals surface area contributed by atoms with Crippen molar-refractivity contribution in [2.75, 3.05) is 0 Å². The molecule has 1 nitrogen and oxygen atoms in total. The van der Waals surface area contributed by atoms with Gasteiger partial charge >= 0.3 is 7.48 Å². The topological polar surface area (TPSA) is 20.2 Å². The number of rotatable bonds is 1. The van der Waals surface area contributed by atoms with E-state index in [1.807, 2.05) is 6.07 Å². The van der Waals surface area contributed by atoms with Crippen LogP contribution in [0.25, 0.3) is 32.3 Å². The van der Waals surface area contributed by atoms with E-state index < -0.39 is 0 Å². The molecular formula is C18H13BO. The van der Waals surface area contributed by atoms with E-state index in [4.69, 9.17) is 0 Å². The van der Waals surface area contributed by atoms with Gasteiger partial charge in [-0.05, 0) is 32.3 Å². The minimum absolute atomic E-state index is 0.0805. The van der Waals surface area contributed by atoms with E-state index in [1.165, 1.54) is 32.3 Å². The molecule has 94 valence electrons.